The molecule has 0 aliphatic heterocycles. The van der Waals surface area contributed by atoms with E-state index in [1.54, 1.807) is 11.0 Å². The zero-order valence-corrected chi connectivity index (χ0v) is 39.2. The number of carbonyl (C=O) groups is 1. The van der Waals surface area contributed by atoms with Gasteiger partial charge in [-0.05, 0) is 140 Å². The Hall–Kier alpha value is -8.32. The molecule has 0 spiro atoms. The van der Waals surface area contributed by atoms with E-state index >= 15 is 0 Å². The molecule has 0 N–H and O–H groups in total. The van der Waals surface area contributed by atoms with Gasteiger partial charge in [-0.1, -0.05) is 42.5 Å². The predicted molar refractivity (Wildman–Crippen MR) is 269 cm³/mol. The highest BCUT2D eigenvalue weighted by atomic mass is 16.2. The molecule has 11 rings (SSSR count). The Morgan fingerprint density at radius 2 is 0.838 bits per heavy atom. The number of carbonyl (C=O) groups excluding carboxylic acids is 1. The number of nitrogens with zero attached hydrogens (tertiary/aromatic N) is 12. The van der Waals surface area contributed by atoms with Gasteiger partial charge in [0.05, 0.1) is 44.1 Å². The Balaban J connectivity index is 0.825. The van der Waals surface area contributed by atoms with Crippen molar-refractivity contribution >= 4 is 50.0 Å². The van der Waals surface area contributed by atoms with Crippen molar-refractivity contribution in [1.82, 2.24) is 58.1 Å². The van der Waals surface area contributed by atoms with Crippen molar-refractivity contribution in [3.05, 3.63) is 161 Å². The molecular formula is C55H50N12O. The third-order valence-electron chi connectivity index (χ3n) is 13.2. The van der Waals surface area contributed by atoms with E-state index in [9.17, 15) is 4.79 Å². The molecule has 7 heterocycles. The fraction of sp³-hybridized carbons (Fsp3) is 0.200. The number of imidazole rings is 4. The standard InChI is InChI=1S/C55H50N12O/c1-8-67(9-2)55(68)42-15-11-14-41(58-42)54-62-46-31-37(20-25-50(46)66(54)7)27-36-19-24-49-45(30-36)61-53(65(49)6)40-13-10-12-39(57-40)52-60-44-29-35(18-23-48(44)64(52)5)26-34-17-22-47-43(28-34)59-51(63(47)4)38-21-16-33(3)32-56-38/h10-25,28-32H,8-9,26-27H2,1-7H3. The Labute approximate surface area is 393 Å². The molecule has 0 aliphatic rings. The van der Waals surface area contributed by atoms with Crippen molar-refractivity contribution in [3.63, 3.8) is 0 Å². The summed E-state index contributed by atoms with van der Waals surface area (Å²) in [5, 5.41) is 0. The highest BCUT2D eigenvalue weighted by Crippen LogP contribution is 2.31. The van der Waals surface area contributed by atoms with Crippen LogP contribution >= 0.6 is 0 Å². The Bertz CT molecular complexity index is 3760. The monoisotopic (exact) mass is 894 g/mol. The SMILES string of the molecule is CCN(CC)C(=O)c1cccc(-c2nc3cc(Cc4ccc5c(c4)nc(-c4cccc(-c6nc7cc(Cc8ccc9c(c8)nc(-c8ccc(C)cn8)n9C)ccc7n6C)n4)n5C)ccc3n2C)n1. The van der Waals surface area contributed by atoms with Crippen LogP contribution < -0.4 is 0 Å². The van der Waals surface area contributed by atoms with Crippen LogP contribution in [-0.2, 0) is 41.0 Å². The Kier molecular flexibility index (Phi) is 10.5. The summed E-state index contributed by atoms with van der Waals surface area (Å²) >= 11 is 0. The summed E-state index contributed by atoms with van der Waals surface area (Å²) in [6.45, 7) is 7.26. The van der Waals surface area contributed by atoms with Gasteiger partial charge in [-0.15, -0.1) is 0 Å². The second-order valence-electron chi connectivity index (χ2n) is 17.6. The highest BCUT2D eigenvalue weighted by Gasteiger charge is 2.20. The normalized spacial score (nSPS) is 11.8. The van der Waals surface area contributed by atoms with Crippen LogP contribution in [0, 0.1) is 6.92 Å². The topological polar surface area (TPSA) is 130 Å². The summed E-state index contributed by atoms with van der Waals surface area (Å²) in [5.74, 6) is 3.07. The zero-order valence-electron chi connectivity index (χ0n) is 39.2. The molecule has 13 heteroatoms. The minimum absolute atomic E-state index is 0.0771. The molecule has 0 fully saturated rings. The van der Waals surface area contributed by atoms with Gasteiger partial charge in [0.1, 0.15) is 28.5 Å². The van der Waals surface area contributed by atoms with E-state index in [0.29, 0.717) is 30.9 Å². The molecule has 336 valence electrons. The molecule has 0 saturated carbocycles. The number of aromatic nitrogens is 11. The molecule has 11 aromatic rings. The third kappa shape index (κ3) is 7.45. The number of amides is 1. The zero-order chi connectivity index (χ0) is 46.8. The Morgan fingerprint density at radius 1 is 0.456 bits per heavy atom. The van der Waals surface area contributed by atoms with Gasteiger partial charge in [-0.3, -0.25) is 9.78 Å². The lowest BCUT2D eigenvalue weighted by Gasteiger charge is -2.18. The van der Waals surface area contributed by atoms with E-state index in [0.717, 1.165) is 108 Å². The van der Waals surface area contributed by atoms with Crippen LogP contribution in [0.4, 0.5) is 0 Å². The number of hydrogen-bond donors (Lipinski definition) is 0. The molecule has 0 radical (unpaired) electrons. The van der Waals surface area contributed by atoms with E-state index in [2.05, 4.69) is 97.5 Å². The first-order chi connectivity index (χ1) is 33.0. The lowest BCUT2D eigenvalue weighted by Crippen LogP contribution is -2.31. The maximum atomic E-state index is 13.1. The summed E-state index contributed by atoms with van der Waals surface area (Å²) in [6, 6.07) is 41.6. The average molecular weight is 895 g/mol. The summed E-state index contributed by atoms with van der Waals surface area (Å²) in [5.41, 5.74) is 17.0. The van der Waals surface area contributed by atoms with E-state index in [1.807, 2.05) is 96.1 Å². The number of pyridine rings is 3. The van der Waals surface area contributed by atoms with Crippen LogP contribution in [0.1, 0.15) is 52.2 Å². The smallest absolute Gasteiger partial charge is 0.272 e. The maximum absolute atomic E-state index is 13.1. The van der Waals surface area contributed by atoms with Crippen LogP contribution in [0.2, 0.25) is 0 Å². The molecule has 0 bridgehead atoms. The molecule has 13 nitrogen and oxygen atoms in total. The number of aryl methyl sites for hydroxylation is 5. The van der Waals surface area contributed by atoms with Crippen LogP contribution in [-0.4, -0.2) is 77.1 Å². The quantitative estimate of drug-likeness (QED) is 0.125. The van der Waals surface area contributed by atoms with Crippen molar-refractivity contribution in [3.8, 4) is 46.1 Å². The number of rotatable bonds is 11. The summed E-state index contributed by atoms with van der Waals surface area (Å²) in [4.78, 5) is 49.6. The van der Waals surface area contributed by atoms with Crippen molar-refractivity contribution in [2.75, 3.05) is 13.1 Å². The van der Waals surface area contributed by atoms with Gasteiger partial charge < -0.3 is 23.2 Å². The van der Waals surface area contributed by atoms with Gasteiger partial charge in [-0.2, -0.15) is 0 Å². The van der Waals surface area contributed by atoms with Gasteiger partial charge in [0, 0.05) is 47.5 Å². The van der Waals surface area contributed by atoms with Crippen molar-refractivity contribution in [1.29, 1.82) is 0 Å². The molecule has 0 aliphatic carbocycles. The molecule has 4 aromatic carbocycles. The van der Waals surface area contributed by atoms with E-state index in [4.69, 9.17) is 29.9 Å². The van der Waals surface area contributed by atoms with Gasteiger partial charge in [0.2, 0.25) is 0 Å². The van der Waals surface area contributed by atoms with Gasteiger partial charge in [0.15, 0.2) is 23.3 Å². The Morgan fingerprint density at radius 3 is 1.22 bits per heavy atom. The van der Waals surface area contributed by atoms with Crippen LogP contribution in [0.25, 0.3) is 90.2 Å². The van der Waals surface area contributed by atoms with Gasteiger partial charge >= 0.3 is 0 Å². The molecule has 1 amide bonds. The molecule has 68 heavy (non-hydrogen) atoms. The minimum Gasteiger partial charge on any atom is -0.338 e. The maximum Gasteiger partial charge on any atom is 0.272 e. The van der Waals surface area contributed by atoms with Crippen molar-refractivity contribution in [2.45, 2.75) is 33.6 Å². The highest BCUT2D eigenvalue weighted by molar-refractivity contribution is 5.93. The van der Waals surface area contributed by atoms with Crippen molar-refractivity contribution < 1.29 is 4.79 Å². The van der Waals surface area contributed by atoms with E-state index < -0.39 is 0 Å². The summed E-state index contributed by atoms with van der Waals surface area (Å²) < 4.78 is 8.36. The van der Waals surface area contributed by atoms with Gasteiger partial charge in [-0.25, -0.2) is 29.9 Å². The molecule has 0 saturated heterocycles. The number of fused-ring (bicyclic) bond motifs is 4. The lowest BCUT2D eigenvalue weighted by molar-refractivity contribution is 0.0767. The van der Waals surface area contributed by atoms with Crippen LogP contribution in [0.5, 0.6) is 0 Å². The molecule has 0 atom stereocenters. The van der Waals surface area contributed by atoms with E-state index in [1.165, 1.54) is 11.1 Å². The van der Waals surface area contributed by atoms with Crippen molar-refractivity contribution in [2.24, 2.45) is 28.2 Å². The predicted octanol–water partition coefficient (Wildman–Crippen LogP) is 10.1. The first-order valence-corrected chi connectivity index (χ1v) is 23.0. The second-order valence-corrected chi connectivity index (χ2v) is 17.6. The minimum atomic E-state index is -0.0771. The number of hydrogen-bond acceptors (Lipinski definition) is 8. The molecular weight excluding hydrogens is 845 g/mol. The first kappa shape index (κ1) is 42.3. The van der Waals surface area contributed by atoms with E-state index in [-0.39, 0.29) is 5.91 Å². The van der Waals surface area contributed by atoms with Crippen LogP contribution in [0.3, 0.4) is 0 Å². The largest absolute Gasteiger partial charge is 0.338 e. The lowest BCUT2D eigenvalue weighted by atomic mass is 10.0. The van der Waals surface area contributed by atoms with Gasteiger partial charge in [0.25, 0.3) is 5.91 Å². The third-order valence-corrected chi connectivity index (χ3v) is 13.2. The second kappa shape index (κ2) is 16.8. The summed E-state index contributed by atoms with van der Waals surface area (Å²) in [7, 11) is 8.11. The molecule has 7 aromatic heterocycles. The fourth-order valence-electron chi connectivity index (χ4n) is 9.44. The number of benzene rings is 4. The molecule has 0 unspecified atom stereocenters. The van der Waals surface area contributed by atoms with Crippen LogP contribution in [0.15, 0.2) is 128 Å². The summed E-state index contributed by atoms with van der Waals surface area (Å²) in [6.07, 6.45) is 3.35. The average Bonchev–Trinajstić information content (AvgIpc) is 4.08. The first-order valence-electron chi connectivity index (χ1n) is 23.0. The fourth-order valence-corrected chi connectivity index (χ4v) is 9.44.